The molecule has 30 nitrogen and oxygen atoms in total. The van der Waals surface area contributed by atoms with Crippen LogP contribution in [0, 0.1) is 0 Å². The van der Waals surface area contributed by atoms with Gasteiger partial charge in [0.25, 0.3) is 10.1 Å². The second kappa shape index (κ2) is 46.4. The van der Waals surface area contributed by atoms with Crippen LogP contribution in [0.15, 0.2) is 150 Å². The highest BCUT2D eigenvalue weighted by molar-refractivity contribution is 7.85. The number of fused-ring (bicyclic) bond motifs is 2. The Hall–Kier alpha value is -10.1. The molecule has 0 aromatic heterocycles. The number of carboxylic acid groups (broad SMARTS) is 3. The predicted molar refractivity (Wildman–Crippen MR) is 408 cm³/mol. The Morgan fingerprint density at radius 3 is 1.88 bits per heavy atom. The Bertz CT molecular complexity index is 4350. The first-order valence-electron chi connectivity index (χ1n) is 36.0. The van der Waals surface area contributed by atoms with Gasteiger partial charge in [0.15, 0.2) is 5.71 Å². The van der Waals surface area contributed by atoms with Gasteiger partial charge in [-0.05, 0) is 150 Å². The summed E-state index contributed by atoms with van der Waals surface area (Å²) in [5, 5.41) is 39.3. The van der Waals surface area contributed by atoms with Crippen molar-refractivity contribution < 1.29 is 106 Å². The minimum Gasteiger partial charge on any atom is -0.481 e. The largest absolute Gasteiger partial charge is 0.481 e. The lowest BCUT2D eigenvalue weighted by Gasteiger charge is -2.27. The molecule has 1 aliphatic carbocycles. The normalized spacial score (nSPS) is 15.5. The van der Waals surface area contributed by atoms with Crippen molar-refractivity contribution >= 4 is 96.1 Å². The molecule has 8 N–H and O–H groups in total. The summed E-state index contributed by atoms with van der Waals surface area (Å²) in [5.41, 5.74) is 9.61. The molecule has 0 radical (unpaired) electrons. The van der Waals surface area contributed by atoms with Crippen molar-refractivity contribution in [3.63, 3.8) is 0 Å². The Kier molecular flexibility index (Phi) is 38.9. The van der Waals surface area contributed by atoms with E-state index < -0.39 is 90.6 Å². The van der Waals surface area contributed by atoms with Gasteiger partial charge in [-0.25, -0.2) is 14.4 Å². The third kappa shape index (κ3) is 31.8. The average molecular weight is 1590 g/mol. The van der Waals surface area contributed by atoms with E-state index in [0.717, 1.165) is 78.7 Å². The standard InChI is InChI=1S/C76H100N8O14S.CO2.2O3S/c1-8-9-17-45-83-64-30-15-13-28-59(64)75(2,3)66(83)41-35-55-25-20-26-56(36-42-67-76(4,5)60-29-14-16-31-65(60)84(67)46-18-19-49-99(95,96)97)70(55)98-58-38-33-54(34-39-58)51-63(73(92)93)79-71(89)62(50-53-23-11-10-12-24-53)78-68(86)52-82(7)48-47-81(6)44-22-27-57(85)37-40-61(72(90)91)80-74(94)77-43-21-32-69(87)88;2-1-3;2*1-4(2)3/h10-16,23-24,28-31,33-36,38-39,41-42,61-63H,8-9,17-22,25-27,32,37,40,43-52H2,1-7H3,(H7-,77,78,79,80,86,87,88,89,90,91,92,93,94,95,96,97);;;/p+1/t61-,62-,63-;;;/m0.../s1. The fourth-order valence-corrected chi connectivity index (χ4v) is 13.6. The molecule has 2 heterocycles. The number of Topliss-reactive ketones (excluding diaryl/α,β-unsaturated/α-hetero) is 1. The average Bonchev–Trinajstić information content (AvgIpc) is 1.60. The van der Waals surface area contributed by atoms with E-state index in [1.165, 1.54) is 17.0 Å². The third-order valence-electron chi connectivity index (χ3n) is 18.6. The minimum atomic E-state index is -4.11. The van der Waals surface area contributed by atoms with E-state index in [-0.39, 0.29) is 81.1 Å². The van der Waals surface area contributed by atoms with Crippen LogP contribution in [0.1, 0.15) is 147 Å². The van der Waals surface area contributed by atoms with E-state index in [0.29, 0.717) is 62.5 Å². The number of carbonyl (C=O) groups excluding carboxylic acids is 6. The summed E-state index contributed by atoms with van der Waals surface area (Å²) in [7, 11) is -6.71. The Morgan fingerprint density at radius 1 is 0.655 bits per heavy atom. The second-order valence-corrected chi connectivity index (χ2v) is 30.0. The van der Waals surface area contributed by atoms with Gasteiger partial charge in [0, 0.05) is 99.2 Å². The number of likely N-dealkylation sites (N-methyl/N-ethyl adjacent to an activating group) is 2. The van der Waals surface area contributed by atoms with E-state index in [1.807, 2.05) is 54.4 Å². The van der Waals surface area contributed by atoms with Crippen molar-refractivity contribution in [1.29, 1.82) is 0 Å². The summed E-state index contributed by atoms with van der Waals surface area (Å²) in [4.78, 5) is 111. The topological polar surface area (TPSA) is 441 Å². The number of benzene rings is 4. The quantitative estimate of drug-likeness (QED) is 0.0122. The maximum Gasteiger partial charge on any atom is 0.425 e. The van der Waals surface area contributed by atoms with Crippen LogP contribution in [0.5, 0.6) is 5.75 Å². The molecule has 0 spiro atoms. The zero-order valence-electron chi connectivity index (χ0n) is 63.0. The van der Waals surface area contributed by atoms with Gasteiger partial charge >= 0.3 is 51.3 Å². The minimum absolute atomic E-state index is 0.0495. The number of aliphatic carboxylic acids is 3. The highest BCUT2D eigenvalue weighted by atomic mass is 32.2. The Morgan fingerprint density at radius 2 is 1.25 bits per heavy atom. The molecule has 3 aliphatic rings. The summed E-state index contributed by atoms with van der Waals surface area (Å²) in [6, 6.07) is 28.6. The zero-order valence-corrected chi connectivity index (χ0v) is 65.4. The van der Waals surface area contributed by atoms with Crippen LogP contribution in [-0.2, 0) is 93.4 Å². The first kappa shape index (κ1) is 92.2. The van der Waals surface area contributed by atoms with E-state index in [4.69, 9.17) is 44.7 Å². The van der Waals surface area contributed by atoms with Gasteiger partial charge in [0.1, 0.15) is 42.0 Å². The molecule has 2 aliphatic heterocycles. The smallest absolute Gasteiger partial charge is 0.425 e. The van der Waals surface area contributed by atoms with Crippen LogP contribution in [0.3, 0.4) is 0 Å². The highest BCUT2D eigenvalue weighted by Crippen LogP contribution is 2.48. The first-order chi connectivity index (χ1) is 52.0. The SMILES string of the molecule is CCCCC[N+]1=C(/C=C/C2=C(Oc3ccc(C[C@H](NC(=O)[C@H](Cc4ccccc4)NC(=O)CN(C)CCN(C)CCCC(=O)CC[C@H](NC(=O)NCCCC(=O)O)C(=O)O)C(=O)O)cc3)C(=C/C=C3/N(CCCCS(=O)(=O)O)c4ccccc4C3(C)C)/CCC2)C(C)(C)c2ccccc21.O=C=O.O=S(=O)=O.O=S(=O)=O. The van der Waals surface area contributed by atoms with Gasteiger partial charge in [-0.2, -0.15) is 22.6 Å². The van der Waals surface area contributed by atoms with Crippen molar-refractivity contribution in [2.24, 2.45) is 0 Å². The van der Waals surface area contributed by atoms with Crippen molar-refractivity contribution in [1.82, 2.24) is 31.1 Å². The van der Waals surface area contributed by atoms with Gasteiger partial charge in [-0.3, -0.25) is 28.6 Å². The summed E-state index contributed by atoms with van der Waals surface area (Å²) in [6.07, 6.45) is 16.0. The Labute approximate surface area is 644 Å². The lowest BCUT2D eigenvalue weighted by molar-refractivity contribution is -0.438. The van der Waals surface area contributed by atoms with Crippen molar-refractivity contribution in [2.45, 2.75) is 166 Å². The van der Waals surface area contributed by atoms with Gasteiger partial charge in [0.2, 0.25) is 17.5 Å². The number of hydrogen-bond acceptors (Lipinski definition) is 21. The molecule has 0 fully saturated rings. The second-order valence-electron chi connectivity index (χ2n) is 27.6. The maximum atomic E-state index is 14.3. The van der Waals surface area contributed by atoms with E-state index >= 15 is 0 Å². The summed E-state index contributed by atoms with van der Waals surface area (Å²) < 4.78 is 93.1. The summed E-state index contributed by atoms with van der Waals surface area (Å²) in [6.45, 7) is 14.0. The number of amides is 4. The molecule has 4 amide bonds. The number of urea groups is 1. The number of carboxylic acids is 3. The molecule has 7 rings (SSSR count). The first-order valence-corrected chi connectivity index (χ1v) is 39.6. The summed E-state index contributed by atoms with van der Waals surface area (Å²) in [5.74, 6) is -3.94. The van der Waals surface area contributed by atoms with Crippen LogP contribution in [0.4, 0.5) is 16.2 Å². The van der Waals surface area contributed by atoms with E-state index in [9.17, 15) is 56.7 Å². The van der Waals surface area contributed by atoms with Gasteiger partial charge < -0.3 is 51.1 Å². The predicted octanol–water partition coefficient (Wildman–Crippen LogP) is 7.46. The number of nitrogens with zero attached hydrogens (tertiary/aromatic N) is 4. The van der Waals surface area contributed by atoms with E-state index in [1.54, 1.807) is 36.2 Å². The molecule has 3 atom stereocenters. The summed E-state index contributed by atoms with van der Waals surface area (Å²) >= 11 is 0. The van der Waals surface area contributed by atoms with Crippen LogP contribution >= 0.6 is 0 Å². The lowest BCUT2D eigenvalue weighted by Crippen LogP contribution is -2.54. The number of unbranched alkanes of at least 4 members (excludes halogenated alkanes) is 3. The van der Waals surface area contributed by atoms with Crippen LogP contribution in [0.25, 0.3) is 0 Å². The molecular weight excluding hydrogens is 1490 g/mol. The number of carbonyl (C=O) groups is 7. The molecule has 110 heavy (non-hydrogen) atoms. The number of allylic oxidation sites excluding steroid dienone is 7. The van der Waals surface area contributed by atoms with Crippen molar-refractivity contribution in [2.75, 3.05) is 70.6 Å². The number of para-hydroxylation sites is 2. The molecule has 4 aromatic carbocycles. The molecule has 598 valence electrons. The van der Waals surface area contributed by atoms with Crippen molar-refractivity contribution in [3.05, 3.63) is 172 Å². The van der Waals surface area contributed by atoms with Crippen LogP contribution < -0.4 is 30.9 Å². The van der Waals surface area contributed by atoms with Gasteiger partial charge in [-0.1, -0.05) is 112 Å². The van der Waals surface area contributed by atoms with Crippen LogP contribution in [-0.4, -0.2) is 205 Å². The van der Waals surface area contributed by atoms with Crippen LogP contribution in [0.2, 0.25) is 0 Å². The fraction of sp³-hybridized carbons (Fsp3) is 0.468. The van der Waals surface area contributed by atoms with E-state index in [2.05, 4.69) is 126 Å². The van der Waals surface area contributed by atoms with Gasteiger partial charge in [0.05, 0.1) is 17.7 Å². The fourth-order valence-electron chi connectivity index (χ4n) is 13.0. The Balaban J connectivity index is 0.00000217. The number of rotatable bonds is 40. The molecule has 0 saturated heterocycles. The molecule has 0 bridgehead atoms. The number of ether oxygens (including phenoxy) is 1. The highest BCUT2D eigenvalue weighted by Gasteiger charge is 2.44. The molecule has 0 saturated carbocycles. The molecular formula is C77H101N8O22S3+. The monoisotopic (exact) mass is 1590 g/mol. The molecule has 33 heteroatoms. The number of ketones is 1. The number of nitrogens with one attached hydrogen (secondary N) is 4. The number of anilines is 1. The zero-order chi connectivity index (χ0) is 81.7. The lowest BCUT2D eigenvalue weighted by atomic mass is 9.81. The van der Waals surface area contributed by atoms with Gasteiger partial charge in [-0.15, -0.1) is 25.3 Å². The van der Waals surface area contributed by atoms with Crippen molar-refractivity contribution in [3.8, 4) is 5.75 Å². The molecule has 4 aromatic rings. The molecule has 0 unspecified atom stereocenters. The number of hydrogen-bond donors (Lipinski definition) is 8. The maximum absolute atomic E-state index is 14.3. The third-order valence-corrected chi connectivity index (χ3v) is 19.4.